The first-order valence-electron chi connectivity index (χ1n) is 6.60. The van der Waals surface area contributed by atoms with E-state index in [4.69, 9.17) is 16.3 Å². The van der Waals surface area contributed by atoms with Crippen LogP contribution in [0, 0.1) is 5.82 Å². The van der Waals surface area contributed by atoms with Gasteiger partial charge in [-0.05, 0) is 46.8 Å². The summed E-state index contributed by atoms with van der Waals surface area (Å²) >= 11 is 5.89. The quantitative estimate of drug-likeness (QED) is 0.542. The molecule has 0 radical (unpaired) electrons. The van der Waals surface area contributed by atoms with Gasteiger partial charge in [0.05, 0.1) is 12.1 Å². The van der Waals surface area contributed by atoms with Crippen molar-refractivity contribution in [2.75, 3.05) is 0 Å². The molecule has 0 spiro atoms. The molecule has 1 heterocycles. The predicted molar refractivity (Wildman–Crippen MR) is 79.9 cm³/mol. The third-order valence-corrected chi connectivity index (χ3v) is 3.42. The van der Waals surface area contributed by atoms with Gasteiger partial charge in [0.1, 0.15) is 17.9 Å². The molecule has 3 aromatic rings. The van der Waals surface area contributed by atoms with Crippen LogP contribution in [-0.4, -0.2) is 26.2 Å². The highest BCUT2D eigenvalue weighted by Crippen LogP contribution is 2.21. The Kier molecular flexibility index (Phi) is 4.29. The van der Waals surface area contributed by atoms with Crippen LogP contribution in [0.25, 0.3) is 5.69 Å². The van der Waals surface area contributed by atoms with Crippen molar-refractivity contribution in [3.8, 4) is 11.4 Å². The van der Waals surface area contributed by atoms with Gasteiger partial charge in [0.2, 0.25) is 0 Å². The van der Waals surface area contributed by atoms with Crippen LogP contribution in [0.2, 0.25) is 5.02 Å². The number of aromatic nitrogens is 4. The molecule has 0 aliphatic carbocycles. The average Bonchev–Trinajstić information content (AvgIpc) is 3.06. The molecule has 1 aromatic heterocycles. The number of halogens is 2. The summed E-state index contributed by atoms with van der Waals surface area (Å²) in [6.45, 7) is 0. The maximum absolute atomic E-state index is 13.6. The highest BCUT2D eigenvalue weighted by molar-refractivity contribution is 6.31. The highest BCUT2D eigenvalue weighted by Gasteiger charge is 2.13. The lowest BCUT2D eigenvalue weighted by Gasteiger charge is -2.07. The second-order valence-electron chi connectivity index (χ2n) is 4.60. The SMILES string of the molecule is O=C(Cc1c(F)cccc1Cl)Oc1ccc(-n2cnnn2)cc1. The lowest BCUT2D eigenvalue weighted by atomic mass is 10.1. The molecule has 2 aromatic carbocycles. The molecule has 0 saturated heterocycles. The van der Waals surface area contributed by atoms with Gasteiger partial charge in [-0.15, -0.1) is 5.10 Å². The van der Waals surface area contributed by atoms with Gasteiger partial charge in [0, 0.05) is 10.6 Å². The number of tetrazole rings is 1. The van der Waals surface area contributed by atoms with E-state index in [1.165, 1.54) is 29.2 Å². The molecule has 0 aliphatic heterocycles. The lowest BCUT2D eigenvalue weighted by molar-refractivity contribution is -0.133. The molecule has 23 heavy (non-hydrogen) atoms. The van der Waals surface area contributed by atoms with E-state index in [-0.39, 0.29) is 17.0 Å². The molecule has 116 valence electrons. The number of rotatable bonds is 4. The van der Waals surface area contributed by atoms with Crippen molar-refractivity contribution in [3.05, 3.63) is 65.2 Å². The topological polar surface area (TPSA) is 69.9 Å². The fourth-order valence-electron chi connectivity index (χ4n) is 1.96. The first-order valence-corrected chi connectivity index (χ1v) is 6.98. The molecule has 8 heteroatoms. The normalized spacial score (nSPS) is 10.5. The van der Waals surface area contributed by atoms with E-state index < -0.39 is 11.8 Å². The maximum atomic E-state index is 13.6. The Hall–Kier alpha value is -2.80. The van der Waals surface area contributed by atoms with Crippen molar-refractivity contribution >= 4 is 17.6 Å². The van der Waals surface area contributed by atoms with E-state index in [1.54, 1.807) is 24.3 Å². The minimum absolute atomic E-state index is 0.115. The van der Waals surface area contributed by atoms with Crippen LogP contribution in [0.1, 0.15) is 5.56 Å². The number of hydrogen-bond donors (Lipinski definition) is 0. The molecule has 0 amide bonds. The van der Waals surface area contributed by atoms with Crippen molar-refractivity contribution in [2.24, 2.45) is 0 Å². The summed E-state index contributed by atoms with van der Waals surface area (Å²) in [5.74, 6) is -0.810. The minimum atomic E-state index is -0.604. The van der Waals surface area contributed by atoms with Crippen LogP contribution in [-0.2, 0) is 11.2 Å². The summed E-state index contributed by atoms with van der Waals surface area (Å²) < 4.78 is 20.3. The van der Waals surface area contributed by atoms with Crippen molar-refractivity contribution in [1.82, 2.24) is 20.2 Å². The largest absolute Gasteiger partial charge is 0.426 e. The summed E-state index contributed by atoms with van der Waals surface area (Å²) in [7, 11) is 0. The van der Waals surface area contributed by atoms with Gasteiger partial charge in [-0.1, -0.05) is 17.7 Å². The molecular weight excluding hydrogens is 323 g/mol. The van der Waals surface area contributed by atoms with Crippen molar-refractivity contribution in [3.63, 3.8) is 0 Å². The van der Waals surface area contributed by atoms with Gasteiger partial charge in [-0.2, -0.15) is 0 Å². The Morgan fingerprint density at radius 2 is 2.00 bits per heavy atom. The number of esters is 1. The van der Waals surface area contributed by atoms with Crippen LogP contribution >= 0.6 is 11.6 Å². The monoisotopic (exact) mass is 332 g/mol. The van der Waals surface area contributed by atoms with Gasteiger partial charge in [0.25, 0.3) is 0 Å². The van der Waals surface area contributed by atoms with Crippen LogP contribution < -0.4 is 4.74 Å². The molecule has 0 fully saturated rings. The number of carbonyl (C=O) groups is 1. The fourth-order valence-corrected chi connectivity index (χ4v) is 2.19. The summed E-state index contributed by atoms with van der Waals surface area (Å²) in [5.41, 5.74) is 0.830. The van der Waals surface area contributed by atoms with E-state index in [2.05, 4.69) is 15.5 Å². The summed E-state index contributed by atoms with van der Waals surface area (Å²) in [5, 5.41) is 11.0. The smallest absolute Gasteiger partial charge is 0.315 e. The van der Waals surface area contributed by atoms with E-state index >= 15 is 0 Å². The van der Waals surface area contributed by atoms with E-state index in [1.807, 2.05) is 0 Å². The zero-order valence-corrected chi connectivity index (χ0v) is 12.4. The number of hydrogen-bond acceptors (Lipinski definition) is 5. The van der Waals surface area contributed by atoms with Gasteiger partial charge in [0.15, 0.2) is 0 Å². The summed E-state index contributed by atoms with van der Waals surface area (Å²) in [4.78, 5) is 11.9. The fraction of sp³-hybridized carbons (Fsp3) is 0.0667. The van der Waals surface area contributed by atoms with Crippen molar-refractivity contribution in [2.45, 2.75) is 6.42 Å². The number of ether oxygens (including phenoxy) is 1. The molecule has 0 saturated carbocycles. The number of benzene rings is 2. The zero-order valence-electron chi connectivity index (χ0n) is 11.7. The second-order valence-corrected chi connectivity index (χ2v) is 5.01. The zero-order chi connectivity index (χ0) is 16.2. The van der Waals surface area contributed by atoms with Gasteiger partial charge in [-0.25, -0.2) is 9.07 Å². The first-order chi connectivity index (χ1) is 11.1. The minimum Gasteiger partial charge on any atom is -0.426 e. The Labute approximate surface area is 135 Å². The van der Waals surface area contributed by atoms with Gasteiger partial charge >= 0.3 is 5.97 Å². The van der Waals surface area contributed by atoms with E-state index in [0.717, 1.165) is 0 Å². The Bertz CT molecular complexity index is 802. The van der Waals surface area contributed by atoms with Gasteiger partial charge < -0.3 is 4.74 Å². The standard InChI is InChI=1S/C15H10ClFN4O2/c16-13-2-1-3-14(17)12(13)8-15(22)23-11-6-4-10(5-7-11)21-9-18-19-20-21/h1-7,9H,8H2. The van der Waals surface area contributed by atoms with E-state index in [9.17, 15) is 9.18 Å². The predicted octanol–water partition coefficient (Wildman–Crippen LogP) is 2.60. The van der Waals surface area contributed by atoms with Gasteiger partial charge in [-0.3, -0.25) is 4.79 Å². The second kappa shape index (κ2) is 6.53. The number of carbonyl (C=O) groups excluding carboxylic acids is 1. The molecule has 0 aliphatic rings. The molecule has 6 nitrogen and oxygen atoms in total. The van der Waals surface area contributed by atoms with Crippen LogP contribution in [0.3, 0.4) is 0 Å². The third-order valence-electron chi connectivity index (χ3n) is 3.06. The van der Waals surface area contributed by atoms with Crippen LogP contribution in [0.4, 0.5) is 4.39 Å². The van der Waals surface area contributed by atoms with Crippen LogP contribution in [0.5, 0.6) is 5.75 Å². The first kappa shape index (κ1) is 15.1. The molecule has 3 rings (SSSR count). The molecular formula is C15H10ClFN4O2. The van der Waals surface area contributed by atoms with Crippen molar-refractivity contribution < 1.29 is 13.9 Å². The maximum Gasteiger partial charge on any atom is 0.315 e. The molecule has 0 bridgehead atoms. The lowest BCUT2D eigenvalue weighted by Crippen LogP contribution is -2.12. The average molecular weight is 333 g/mol. The summed E-state index contributed by atoms with van der Waals surface area (Å²) in [6, 6.07) is 10.8. The Balaban J connectivity index is 1.68. The Morgan fingerprint density at radius 3 is 2.65 bits per heavy atom. The molecule has 0 unspecified atom stereocenters. The van der Waals surface area contributed by atoms with Crippen molar-refractivity contribution in [1.29, 1.82) is 0 Å². The number of nitrogens with zero attached hydrogens (tertiary/aromatic N) is 4. The molecule has 0 atom stereocenters. The highest BCUT2D eigenvalue weighted by atomic mass is 35.5. The molecule has 0 N–H and O–H groups in total. The Morgan fingerprint density at radius 1 is 1.22 bits per heavy atom. The summed E-state index contributed by atoms with van der Waals surface area (Å²) in [6.07, 6.45) is 1.20. The third kappa shape index (κ3) is 3.51. The van der Waals surface area contributed by atoms with Crippen LogP contribution in [0.15, 0.2) is 48.8 Å². The van der Waals surface area contributed by atoms with E-state index in [0.29, 0.717) is 11.4 Å².